The minimum atomic E-state index is -0.685. The molecule has 0 aliphatic rings. The number of hydrogen-bond donors (Lipinski definition) is 0. The zero-order valence-corrected chi connectivity index (χ0v) is 7.40. The summed E-state index contributed by atoms with van der Waals surface area (Å²) in [6.07, 6.45) is 0. The number of nitro benzene ring substituents is 1. The first-order valence-electron chi connectivity index (χ1n) is 3.89. The highest BCUT2D eigenvalue weighted by Crippen LogP contribution is 2.23. The van der Waals surface area contributed by atoms with Crippen LogP contribution in [0.15, 0.2) is 18.2 Å². The Morgan fingerprint density at radius 3 is 2.79 bits per heavy atom. The largest absolute Gasteiger partial charge is 0.269 e. The first kappa shape index (κ1) is 10.1. The van der Waals surface area contributed by atoms with E-state index >= 15 is 0 Å². The quantitative estimate of drug-likeness (QED) is 0.536. The van der Waals surface area contributed by atoms with Crippen molar-refractivity contribution in [1.29, 1.82) is 5.26 Å². The molecule has 0 amide bonds. The van der Waals surface area contributed by atoms with Gasteiger partial charge in [-0.1, -0.05) is 0 Å². The Kier molecular flexibility index (Phi) is 2.77. The molecule has 1 atom stereocenters. The van der Waals surface area contributed by atoms with Gasteiger partial charge in [0, 0.05) is 17.7 Å². The van der Waals surface area contributed by atoms with Gasteiger partial charge in [-0.15, -0.1) is 0 Å². The van der Waals surface area contributed by atoms with Gasteiger partial charge in [0.25, 0.3) is 5.69 Å². The van der Waals surface area contributed by atoms with Gasteiger partial charge < -0.3 is 0 Å². The molecule has 1 aromatic carbocycles. The number of non-ortho nitro benzene ring substituents is 1. The summed E-state index contributed by atoms with van der Waals surface area (Å²) in [4.78, 5) is 9.76. The molecule has 0 aliphatic carbocycles. The van der Waals surface area contributed by atoms with E-state index in [0.29, 0.717) is 0 Å². The topological polar surface area (TPSA) is 66.9 Å². The highest BCUT2D eigenvalue weighted by molar-refractivity contribution is 5.38. The van der Waals surface area contributed by atoms with Crippen LogP contribution in [-0.2, 0) is 0 Å². The van der Waals surface area contributed by atoms with Crippen molar-refractivity contribution in [3.8, 4) is 6.07 Å². The first-order chi connectivity index (χ1) is 6.56. The van der Waals surface area contributed by atoms with Gasteiger partial charge in [0.1, 0.15) is 5.82 Å². The average Bonchev–Trinajstić information content (AvgIpc) is 2.17. The number of nitro groups is 1. The van der Waals surface area contributed by atoms with Crippen molar-refractivity contribution in [1.82, 2.24) is 0 Å². The average molecular weight is 194 g/mol. The van der Waals surface area contributed by atoms with Crippen molar-refractivity contribution in [2.75, 3.05) is 0 Å². The third kappa shape index (κ3) is 1.85. The van der Waals surface area contributed by atoms with E-state index < -0.39 is 16.7 Å². The van der Waals surface area contributed by atoms with Crippen LogP contribution >= 0.6 is 0 Å². The Bertz CT molecular complexity index is 412. The van der Waals surface area contributed by atoms with Crippen molar-refractivity contribution in [2.24, 2.45) is 0 Å². The van der Waals surface area contributed by atoms with Crippen LogP contribution in [0, 0.1) is 27.3 Å². The predicted molar refractivity (Wildman–Crippen MR) is 47.1 cm³/mol. The second-order valence-corrected chi connectivity index (χ2v) is 2.81. The Balaban J connectivity index is 3.23. The normalized spacial score (nSPS) is 11.8. The summed E-state index contributed by atoms with van der Waals surface area (Å²) in [5.74, 6) is -1.28. The summed E-state index contributed by atoms with van der Waals surface area (Å²) in [6, 6.07) is 4.99. The molecule has 0 N–H and O–H groups in total. The maximum atomic E-state index is 13.1. The molecular formula is C9H7FN2O2. The van der Waals surface area contributed by atoms with E-state index in [9.17, 15) is 14.5 Å². The van der Waals surface area contributed by atoms with Crippen LogP contribution in [0.4, 0.5) is 10.1 Å². The summed E-state index contributed by atoms with van der Waals surface area (Å²) in [5.41, 5.74) is -0.148. The molecule has 0 spiro atoms. The first-order valence-corrected chi connectivity index (χ1v) is 3.89. The molecule has 0 aliphatic heterocycles. The zero-order valence-electron chi connectivity index (χ0n) is 7.40. The van der Waals surface area contributed by atoms with Gasteiger partial charge in [0.05, 0.1) is 16.9 Å². The van der Waals surface area contributed by atoms with Gasteiger partial charge in [-0.25, -0.2) is 4.39 Å². The number of hydrogen-bond acceptors (Lipinski definition) is 3. The summed E-state index contributed by atoms with van der Waals surface area (Å²) in [7, 11) is 0. The van der Waals surface area contributed by atoms with Crippen molar-refractivity contribution in [3.63, 3.8) is 0 Å². The van der Waals surface area contributed by atoms with Crippen LogP contribution in [-0.4, -0.2) is 4.92 Å². The SMILES string of the molecule is CC(C#N)c1cc([N+](=O)[O-])ccc1F. The van der Waals surface area contributed by atoms with E-state index in [1.807, 2.05) is 6.07 Å². The predicted octanol–water partition coefficient (Wildman–Crippen LogP) is 2.36. The number of rotatable bonds is 2. The highest BCUT2D eigenvalue weighted by atomic mass is 19.1. The molecular weight excluding hydrogens is 187 g/mol. The van der Waals surface area contributed by atoms with Crippen molar-refractivity contribution >= 4 is 5.69 Å². The second-order valence-electron chi connectivity index (χ2n) is 2.81. The standard InChI is InChI=1S/C9H7FN2O2/c1-6(5-11)8-4-7(12(13)14)2-3-9(8)10/h2-4,6H,1H3. The van der Waals surface area contributed by atoms with Crippen molar-refractivity contribution in [2.45, 2.75) is 12.8 Å². The summed E-state index contributed by atoms with van der Waals surface area (Å²) in [6.45, 7) is 1.49. The lowest BCUT2D eigenvalue weighted by Gasteiger charge is -2.03. The molecule has 14 heavy (non-hydrogen) atoms. The van der Waals surface area contributed by atoms with E-state index in [1.54, 1.807) is 0 Å². The van der Waals surface area contributed by atoms with Gasteiger partial charge in [-0.05, 0) is 13.0 Å². The fraction of sp³-hybridized carbons (Fsp3) is 0.222. The van der Waals surface area contributed by atoms with Gasteiger partial charge in [0.15, 0.2) is 0 Å². The highest BCUT2D eigenvalue weighted by Gasteiger charge is 2.15. The minimum Gasteiger partial charge on any atom is -0.258 e. The van der Waals surface area contributed by atoms with E-state index in [2.05, 4.69) is 0 Å². The molecule has 0 saturated carbocycles. The number of halogens is 1. The molecule has 0 saturated heterocycles. The third-order valence-electron chi connectivity index (χ3n) is 1.85. The van der Waals surface area contributed by atoms with Gasteiger partial charge in [-0.2, -0.15) is 5.26 Å². The van der Waals surface area contributed by atoms with Crippen LogP contribution in [0.3, 0.4) is 0 Å². The molecule has 1 rings (SSSR count). The van der Waals surface area contributed by atoms with Crippen LogP contribution in [0.1, 0.15) is 18.4 Å². The number of benzene rings is 1. The van der Waals surface area contributed by atoms with Crippen LogP contribution in [0.5, 0.6) is 0 Å². The monoisotopic (exact) mass is 194 g/mol. The lowest BCUT2D eigenvalue weighted by atomic mass is 10.0. The van der Waals surface area contributed by atoms with Gasteiger partial charge in [-0.3, -0.25) is 10.1 Å². The van der Waals surface area contributed by atoms with Crippen LogP contribution < -0.4 is 0 Å². The smallest absolute Gasteiger partial charge is 0.258 e. The number of nitrogens with zero attached hydrogens (tertiary/aromatic N) is 2. The number of nitriles is 1. The molecule has 72 valence electrons. The van der Waals surface area contributed by atoms with Crippen LogP contribution in [0.25, 0.3) is 0 Å². The van der Waals surface area contributed by atoms with Crippen molar-refractivity contribution < 1.29 is 9.31 Å². The molecule has 0 radical (unpaired) electrons. The fourth-order valence-corrected chi connectivity index (χ4v) is 1.05. The fourth-order valence-electron chi connectivity index (χ4n) is 1.05. The van der Waals surface area contributed by atoms with Crippen molar-refractivity contribution in [3.05, 3.63) is 39.7 Å². The maximum absolute atomic E-state index is 13.1. The maximum Gasteiger partial charge on any atom is 0.269 e. The molecule has 0 aromatic heterocycles. The van der Waals surface area contributed by atoms with E-state index in [-0.39, 0.29) is 11.3 Å². The van der Waals surface area contributed by atoms with Crippen LogP contribution in [0.2, 0.25) is 0 Å². The van der Waals surface area contributed by atoms with E-state index in [0.717, 1.165) is 18.2 Å². The Labute approximate surface area is 79.7 Å². The lowest BCUT2D eigenvalue weighted by Crippen LogP contribution is -1.97. The van der Waals surface area contributed by atoms with Gasteiger partial charge >= 0.3 is 0 Å². The Morgan fingerprint density at radius 1 is 1.64 bits per heavy atom. The van der Waals surface area contributed by atoms with Gasteiger partial charge in [0.2, 0.25) is 0 Å². The molecule has 1 aromatic rings. The lowest BCUT2D eigenvalue weighted by molar-refractivity contribution is -0.385. The Hall–Kier alpha value is -1.96. The molecule has 0 bridgehead atoms. The molecule has 0 fully saturated rings. The third-order valence-corrected chi connectivity index (χ3v) is 1.85. The van der Waals surface area contributed by atoms with E-state index in [4.69, 9.17) is 5.26 Å². The molecule has 0 heterocycles. The minimum absolute atomic E-state index is 0.0571. The van der Waals surface area contributed by atoms with E-state index in [1.165, 1.54) is 6.92 Å². The summed E-state index contributed by atoms with van der Waals surface area (Å²) >= 11 is 0. The molecule has 5 heteroatoms. The zero-order chi connectivity index (χ0) is 10.7. The summed E-state index contributed by atoms with van der Waals surface area (Å²) < 4.78 is 13.1. The molecule has 1 unspecified atom stereocenters. The Morgan fingerprint density at radius 2 is 2.29 bits per heavy atom. The second kappa shape index (κ2) is 3.83. The molecule has 4 nitrogen and oxygen atoms in total. The summed E-state index contributed by atoms with van der Waals surface area (Å²) in [5, 5.41) is 18.9.